The van der Waals surface area contributed by atoms with E-state index in [-0.39, 0.29) is 10.6 Å². The molecular formula is C21H24ClNO5. The molecule has 6 nitrogen and oxygen atoms in total. The van der Waals surface area contributed by atoms with Crippen LogP contribution in [0.25, 0.3) is 0 Å². The van der Waals surface area contributed by atoms with Gasteiger partial charge in [-0.1, -0.05) is 29.3 Å². The van der Waals surface area contributed by atoms with Crippen LogP contribution < -0.4 is 14.8 Å². The molecule has 2 aromatic rings. The maximum atomic E-state index is 12.3. The van der Waals surface area contributed by atoms with E-state index in [1.165, 1.54) is 19.2 Å². The molecule has 1 N–H and O–H groups in total. The predicted molar refractivity (Wildman–Crippen MR) is 109 cm³/mol. The first-order valence-electron chi connectivity index (χ1n) is 8.82. The van der Waals surface area contributed by atoms with Crippen LogP contribution in [0.2, 0.25) is 5.02 Å². The van der Waals surface area contributed by atoms with Gasteiger partial charge < -0.3 is 19.5 Å². The van der Waals surface area contributed by atoms with Gasteiger partial charge in [0.1, 0.15) is 0 Å². The number of benzene rings is 2. The van der Waals surface area contributed by atoms with Gasteiger partial charge in [0.05, 0.1) is 24.3 Å². The average molecular weight is 406 g/mol. The summed E-state index contributed by atoms with van der Waals surface area (Å²) in [7, 11) is 1.45. The fraction of sp³-hybridized carbons (Fsp3) is 0.333. The number of hydrogen-bond donors (Lipinski definition) is 1. The van der Waals surface area contributed by atoms with E-state index < -0.39 is 18.5 Å². The number of methoxy groups -OCH3 is 1. The van der Waals surface area contributed by atoms with Gasteiger partial charge in [-0.05, 0) is 51.0 Å². The van der Waals surface area contributed by atoms with Crippen LogP contribution >= 0.6 is 11.6 Å². The normalized spacial score (nSPS) is 10.4. The Bertz CT molecular complexity index is 872. The van der Waals surface area contributed by atoms with Crippen LogP contribution in [0, 0.1) is 20.8 Å². The van der Waals surface area contributed by atoms with Crippen molar-refractivity contribution >= 4 is 29.2 Å². The summed E-state index contributed by atoms with van der Waals surface area (Å²) in [5.74, 6) is -0.439. The van der Waals surface area contributed by atoms with Crippen molar-refractivity contribution < 1.29 is 23.8 Å². The third-order valence-electron chi connectivity index (χ3n) is 4.03. The largest absolute Gasteiger partial charge is 0.493 e. The molecular weight excluding hydrogens is 382 g/mol. The second kappa shape index (κ2) is 9.46. The molecule has 2 aromatic carbocycles. The highest BCUT2D eigenvalue weighted by atomic mass is 35.5. The van der Waals surface area contributed by atoms with E-state index in [9.17, 15) is 9.59 Å². The minimum Gasteiger partial charge on any atom is -0.493 e. The summed E-state index contributed by atoms with van der Waals surface area (Å²) in [4.78, 5) is 24.5. The molecule has 0 bridgehead atoms. The highest BCUT2D eigenvalue weighted by Gasteiger charge is 2.18. The van der Waals surface area contributed by atoms with Gasteiger partial charge in [-0.15, -0.1) is 0 Å². The van der Waals surface area contributed by atoms with Crippen molar-refractivity contribution in [3.63, 3.8) is 0 Å². The third-order valence-corrected chi connectivity index (χ3v) is 4.31. The van der Waals surface area contributed by atoms with E-state index in [2.05, 4.69) is 5.32 Å². The summed E-state index contributed by atoms with van der Waals surface area (Å²) in [5, 5.41) is 3.01. The van der Waals surface area contributed by atoms with Crippen LogP contribution in [0.4, 0.5) is 5.69 Å². The van der Waals surface area contributed by atoms with Crippen molar-refractivity contribution in [2.75, 3.05) is 25.6 Å². The number of anilines is 1. The molecule has 7 heteroatoms. The highest BCUT2D eigenvalue weighted by Crippen LogP contribution is 2.36. The standard InChI is InChI=1S/C21H24ClNO5/c1-6-27-20-16(22)9-15(10-17(20)26-5)21(25)28-11-18(24)23-19-13(3)7-12(2)8-14(19)4/h7-10H,6,11H2,1-5H3,(H,23,24). The van der Waals surface area contributed by atoms with Gasteiger partial charge >= 0.3 is 5.97 Å². The quantitative estimate of drug-likeness (QED) is 0.688. The highest BCUT2D eigenvalue weighted by molar-refractivity contribution is 6.32. The van der Waals surface area contributed by atoms with Crippen LogP contribution in [-0.2, 0) is 9.53 Å². The second-order valence-electron chi connectivity index (χ2n) is 6.32. The first-order valence-corrected chi connectivity index (χ1v) is 9.19. The van der Waals surface area contributed by atoms with Crippen LogP contribution in [-0.4, -0.2) is 32.2 Å². The Morgan fingerprint density at radius 1 is 1.07 bits per heavy atom. The van der Waals surface area contributed by atoms with Crippen LogP contribution in [0.15, 0.2) is 24.3 Å². The number of amides is 1. The Balaban J connectivity index is 2.06. The fourth-order valence-electron chi connectivity index (χ4n) is 2.89. The van der Waals surface area contributed by atoms with Gasteiger partial charge in [0.15, 0.2) is 18.1 Å². The molecule has 0 unspecified atom stereocenters. The van der Waals surface area contributed by atoms with Crippen molar-refractivity contribution in [3.8, 4) is 11.5 Å². The zero-order valence-corrected chi connectivity index (χ0v) is 17.4. The van der Waals surface area contributed by atoms with E-state index in [0.29, 0.717) is 18.1 Å². The van der Waals surface area contributed by atoms with Crippen LogP contribution in [0.1, 0.15) is 34.0 Å². The molecule has 1 amide bonds. The molecule has 0 saturated heterocycles. The molecule has 0 aliphatic rings. The Hall–Kier alpha value is -2.73. The van der Waals surface area contributed by atoms with Gasteiger partial charge in [0.2, 0.25) is 0 Å². The lowest BCUT2D eigenvalue weighted by atomic mass is 10.1. The molecule has 0 radical (unpaired) electrons. The number of esters is 1. The van der Waals surface area contributed by atoms with Crippen LogP contribution in [0.5, 0.6) is 11.5 Å². The predicted octanol–water partition coefficient (Wildman–Crippen LogP) is 4.47. The van der Waals surface area contributed by atoms with Crippen molar-refractivity contribution in [2.45, 2.75) is 27.7 Å². The fourth-order valence-corrected chi connectivity index (χ4v) is 3.15. The Morgan fingerprint density at radius 3 is 2.29 bits per heavy atom. The minimum atomic E-state index is -0.684. The van der Waals surface area contributed by atoms with Crippen molar-refractivity contribution in [2.24, 2.45) is 0 Å². The summed E-state index contributed by atoms with van der Waals surface area (Å²) in [5.41, 5.74) is 3.89. The average Bonchev–Trinajstić information content (AvgIpc) is 2.64. The molecule has 0 aromatic heterocycles. The van der Waals surface area contributed by atoms with Gasteiger partial charge in [-0.3, -0.25) is 4.79 Å². The Kier molecular flexibility index (Phi) is 7.29. The number of hydrogen-bond acceptors (Lipinski definition) is 5. The van der Waals surface area contributed by atoms with Gasteiger partial charge in [-0.25, -0.2) is 4.79 Å². The number of nitrogens with one attached hydrogen (secondary N) is 1. The van der Waals surface area contributed by atoms with Crippen molar-refractivity contribution in [3.05, 3.63) is 51.5 Å². The second-order valence-corrected chi connectivity index (χ2v) is 6.73. The summed E-state index contributed by atoms with van der Waals surface area (Å²) < 4.78 is 15.7. The third kappa shape index (κ3) is 5.16. The summed E-state index contributed by atoms with van der Waals surface area (Å²) in [6, 6.07) is 6.83. The lowest BCUT2D eigenvalue weighted by Crippen LogP contribution is -2.22. The molecule has 0 spiro atoms. The summed E-state index contributed by atoms with van der Waals surface area (Å²) in [6.07, 6.45) is 0. The van der Waals surface area contributed by atoms with Crippen molar-refractivity contribution in [1.29, 1.82) is 0 Å². The molecule has 0 aliphatic heterocycles. The number of rotatable bonds is 7. The van der Waals surface area contributed by atoms with Gasteiger partial charge in [-0.2, -0.15) is 0 Å². The zero-order valence-electron chi connectivity index (χ0n) is 16.6. The van der Waals surface area contributed by atoms with Crippen LogP contribution in [0.3, 0.4) is 0 Å². The molecule has 0 heterocycles. The van der Waals surface area contributed by atoms with E-state index >= 15 is 0 Å². The summed E-state index contributed by atoms with van der Waals surface area (Å²) in [6.45, 7) is 7.61. The maximum absolute atomic E-state index is 12.3. The number of carbonyl (C=O) groups is 2. The van der Waals surface area contributed by atoms with Gasteiger partial charge in [0.25, 0.3) is 5.91 Å². The SMILES string of the molecule is CCOc1c(Cl)cc(C(=O)OCC(=O)Nc2c(C)cc(C)cc2C)cc1OC. The smallest absolute Gasteiger partial charge is 0.338 e. The summed E-state index contributed by atoms with van der Waals surface area (Å²) >= 11 is 6.16. The lowest BCUT2D eigenvalue weighted by molar-refractivity contribution is -0.119. The minimum absolute atomic E-state index is 0.167. The molecule has 2 rings (SSSR count). The van der Waals surface area contributed by atoms with E-state index in [1.54, 1.807) is 0 Å². The zero-order chi connectivity index (χ0) is 20.8. The number of carbonyl (C=O) groups excluding carboxylic acids is 2. The number of aryl methyl sites for hydroxylation is 3. The molecule has 0 saturated carbocycles. The van der Waals surface area contributed by atoms with Gasteiger partial charge in [0, 0.05) is 5.69 Å². The van der Waals surface area contributed by atoms with E-state index in [4.69, 9.17) is 25.8 Å². The van der Waals surface area contributed by atoms with E-state index in [1.807, 2.05) is 39.8 Å². The molecule has 0 aliphatic carbocycles. The Morgan fingerprint density at radius 2 is 1.71 bits per heavy atom. The maximum Gasteiger partial charge on any atom is 0.338 e. The molecule has 150 valence electrons. The van der Waals surface area contributed by atoms with E-state index in [0.717, 1.165) is 22.4 Å². The molecule has 0 atom stereocenters. The lowest BCUT2D eigenvalue weighted by Gasteiger charge is -2.14. The Labute approximate surface area is 169 Å². The molecule has 28 heavy (non-hydrogen) atoms. The first-order chi connectivity index (χ1) is 13.3. The monoisotopic (exact) mass is 405 g/mol. The number of halogens is 1. The number of ether oxygens (including phenoxy) is 3. The topological polar surface area (TPSA) is 73.9 Å². The molecule has 0 fully saturated rings. The first kappa shape index (κ1) is 21.6. The van der Waals surface area contributed by atoms with Crippen molar-refractivity contribution in [1.82, 2.24) is 0 Å².